The van der Waals surface area contributed by atoms with Gasteiger partial charge < -0.3 is 21.3 Å². The van der Waals surface area contributed by atoms with E-state index in [2.05, 4.69) is 33.9 Å². The molecule has 0 saturated carbocycles. The number of rotatable bonds is 7. The van der Waals surface area contributed by atoms with Crippen molar-refractivity contribution < 1.29 is 14.4 Å². The highest BCUT2D eigenvalue weighted by molar-refractivity contribution is 7.80. The minimum atomic E-state index is -0.746. The number of amides is 3. The van der Waals surface area contributed by atoms with Gasteiger partial charge >= 0.3 is 0 Å². The molecule has 0 aliphatic rings. The van der Waals surface area contributed by atoms with E-state index < -0.39 is 11.9 Å². The predicted molar refractivity (Wildman–Crippen MR) is 66.8 cm³/mol. The number of nitrogens with one attached hydrogen (secondary N) is 4. The van der Waals surface area contributed by atoms with Gasteiger partial charge in [-0.1, -0.05) is 0 Å². The van der Waals surface area contributed by atoms with Gasteiger partial charge in [-0.25, -0.2) is 0 Å². The highest BCUT2D eigenvalue weighted by Crippen LogP contribution is 1.88. The molecular formula is C9H18N4O3S. The first kappa shape index (κ1) is 15.7. The number of hydrogen-bond acceptors (Lipinski definition) is 5. The van der Waals surface area contributed by atoms with Crippen molar-refractivity contribution in [2.75, 3.05) is 32.9 Å². The molecular weight excluding hydrogens is 244 g/mol. The van der Waals surface area contributed by atoms with Crippen molar-refractivity contribution in [1.82, 2.24) is 21.3 Å². The molecule has 1 atom stereocenters. The Morgan fingerprint density at radius 3 is 2.24 bits per heavy atom. The van der Waals surface area contributed by atoms with E-state index in [4.69, 9.17) is 0 Å². The van der Waals surface area contributed by atoms with Gasteiger partial charge in [-0.15, -0.1) is 0 Å². The van der Waals surface area contributed by atoms with E-state index in [0.29, 0.717) is 0 Å². The molecule has 0 aliphatic heterocycles. The average Bonchev–Trinajstić information content (AvgIpc) is 2.32. The molecule has 0 aliphatic carbocycles. The molecule has 0 aromatic rings. The molecule has 0 bridgehead atoms. The fraction of sp³-hybridized carbons (Fsp3) is 0.667. The lowest BCUT2D eigenvalue weighted by molar-refractivity contribution is -0.129. The summed E-state index contributed by atoms with van der Waals surface area (Å²) >= 11 is 3.97. The first-order valence-electron chi connectivity index (χ1n) is 5.08. The largest absolute Gasteiger partial charge is 0.358 e. The van der Waals surface area contributed by atoms with Crippen LogP contribution < -0.4 is 21.3 Å². The van der Waals surface area contributed by atoms with E-state index in [0.717, 1.165) is 0 Å². The van der Waals surface area contributed by atoms with Crippen molar-refractivity contribution in [3.05, 3.63) is 0 Å². The summed E-state index contributed by atoms with van der Waals surface area (Å²) < 4.78 is 0. The smallest absolute Gasteiger partial charge is 0.243 e. The Balaban J connectivity index is 4.12. The molecule has 0 heterocycles. The van der Waals surface area contributed by atoms with Crippen molar-refractivity contribution in [3.8, 4) is 0 Å². The van der Waals surface area contributed by atoms with Crippen LogP contribution in [0.5, 0.6) is 0 Å². The zero-order valence-electron chi connectivity index (χ0n) is 9.87. The fourth-order valence-electron chi connectivity index (χ4n) is 0.979. The monoisotopic (exact) mass is 262 g/mol. The van der Waals surface area contributed by atoms with E-state index >= 15 is 0 Å². The average molecular weight is 262 g/mol. The quantitative estimate of drug-likeness (QED) is 0.327. The second kappa shape index (κ2) is 8.82. The molecule has 0 unspecified atom stereocenters. The third-order valence-corrected chi connectivity index (χ3v) is 2.24. The SMILES string of the molecule is CNCC(=O)N[C@H](CS)C(=O)NCC(=O)NC. The van der Waals surface area contributed by atoms with E-state index in [1.807, 2.05) is 0 Å². The Kier molecular flexibility index (Phi) is 8.16. The fourth-order valence-corrected chi connectivity index (χ4v) is 1.24. The first-order valence-corrected chi connectivity index (χ1v) is 5.71. The Morgan fingerprint density at radius 1 is 1.12 bits per heavy atom. The number of thiol groups is 1. The third kappa shape index (κ3) is 6.80. The molecule has 3 amide bonds. The predicted octanol–water partition coefficient (Wildman–Crippen LogP) is -2.52. The van der Waals surface area contributed by atoms with Crippen molar-refractivity contribution in [2.24, 2.45) is 0 Å². The Hall–Kier alpha value is -1.28. The van der Waals surface area contributed by atoms with Gasteiger partial charge in [0.15, 0.2) is 0 Å². The van der Waals surface area contributed by atoms with Crippen molar-refractivity contribution >= 4 is 30.4 Å². The molecule has 4 N–H and O–H groups in total. The van der Waals surface area contributed by atoms with E-state index in [-0.39, 0.29) is 30.7 Å². The van der Waals surface area contributed by atoms with Crippen LogP contribution in [0.3, 0.4) is 0 Å². The molecule has 0 rings (SSSR count). The molecule has 98 valence electrons. The minimum Gasteiger partial charge on any atom is -0.358 e. The van der Waals surface area contributed by atoms with Crippen LogP contribution in [0.25, 0.3) is 0 Å². The second-order valence-electron chi connectivity index (χ2n) is 3.22. The molecule has 8 heteroatoms. The summed E-state index contributed by atoms with van der Waals surface area (Å²) in [6.45, 7) is -0.00544. The van der Waals surface area contributed by atoms with Crippen LogP contribution >= 0.6 is 12.6 Å². The molecule has 0 radical (unpaired) electrons. The van der Waals surface area contributed by atoms with Gasteiger partial charge in [0.1, 0.15) is 6.04 Å². The summed E-state index contributed by atoms with van der Waals surface area (Å²) in [6.07, 6.45) is 0. The number of carbonyl (C=O) groups excluding carboxylic acids is 3. The molecule has 0 saturated heterocycles. The topological polar surface area (TPSA) is 99.3 Å². The van der Waals surface area contributed by atoms with Gasteiger partial charge in [0.25, 0.3) is 0 Å². The van der Waals surface area contributed by atoms with E-state index in [1.54, 1.807) is 7.05 Å². The summed E-state index contributed by atoms with van der Waals surface area (Å²) in [5.74, 6) is -0.887. The zero-order chi connectivity index (χ0) is 13.3. The van der Waals surface area contributed by atoms with Gasteiger partial charge in [0, 0.05) is 12.8 Å². The van der Waals surface area contributed by atoms with Gasteiger partial charge in [-0.3, -0.25) is 14.4 Å². The standard InChI is InChI=1S/C9H18N4O3S/c1-10-3-8(15)13-6(5-17)9(16)12-4-7(14)11-2/h6,10,17H,3-5H2,1-2H3,(H,11,14)(H,12,16)(H,13,15)/t6-/m1/s1. The highest BCUT2D eigenvalue weighted by atomic mass is 32.1. The summed E-state index contributed by atoms with van der Waals surface area (Å²) in [4.78, 5) is 33.7. The lowest BCUT2D eigenvalue weighted by atomic mass is 10.3. The van der Waals surface area contributed by atoms with Crippen LogP contribution in [-0.4, -0.2) is 56.7 Å². The highest BCUT2D eigenvalue weighted by Gasteiger charge is 2.18. The van der Waals surface area contributed by atoms with E-state index in [1.165, 1.54) is 7.05 Å². The summed E-state index contributed by atoms with van der Waals surface area (Å²) in [6, 6.07) is -0.746. The Morgan fingerprint density at radius 2 is 1.76 bits per heavy atom. The number of carbonyl (C=O) groups is 3. The molecule has 0 aromatic heterocycles. The van der Waals surface area contributed by atoms with Crippen molar-refractivity contribution in [2.45, 2.75) is 6.04 Å². The van der Waals surface area contributed by atoms with Crippen molar-refractivity contribution in [3.63, 3.8) is 0 Å². The first-order chi connectivity index (χ1) is 8.04. The van der Waals surface area contributed by atoms with Crippen LogP contribution in [0, 0.1) is 0 Å². The lowest BCUT2D eigenvalue weighted by Gasteiger charge is -2.15. The normalized spacial score (nSPS) is 11.5. The number of hydrogen-bond donors (Lipinski definition) is 5. The second-order valence-corrected chi connectivity index (χ2v) is 3.59. The molecule has 0 aromatic carbocycles. The molecule has 0 fully saturated rings. The van der Waals surface area contributed by atoms with Gasteiger partial charge in [-0.2, -0.15) is 12.6 Å². The summed E-state index contributed by atoms with van der Waals surface area (Å²) in [5.41, 5.74) is 0. The maximum atomic E-state index is 11.6. The van der Waals surface area contributed by atoms with Gasteiger partial charge in [0.2, 0.25) is 17.7 Å². The number of likely N-dealkylation sites (N-methyl/N-ethyl adjacent to an activating group) is 2. The van der Waals surface area contributed by atoms with Gasteiger partial charge in [0.05, 0.1) is 13.1 Å². The maximum Gasteiger partial charge on any atom is 0.243 e. The summed E-state index contributed by atoms with van der Waals surface area (Å²) in [5, 5.41) is 9.92. The van der Waals surface area contributed by atoms with Crippen LogP contribution in [0.15, 0.2) is 0 Å². The van der Waals surface area contributed by atoms with Crippen LogP contribution in [-0.2, 0) is 14.4 Å². The van der Waals surface area contributed by atoms with Crippen LogP contribution in [0.4, 0.5) is 0 Å². The van der Waals surface area contributed by atoms with Gasteiger partial charge in [-0.05, 0) is 7.05 Å². The minimum absolute atomic E-state index is 0.118. The molecule has 17 heavy (non-hydrogen) atoms. The van der Waals surface area contributed by atoms with Crippen molar-refractivity contribution in [1.29, 1.82) is 0 Å². The Bertz CT molecular complexity index is 285. The zero-order valence-corrected chi connectivity index (χ0v) is 10.8. The third-order valence-electron chi connectivity index (χ3n) is 1.87. The maximum absolute atomic E-state index is 11.6. The molecule has 0 spiro atoms. The Labute approximate surface area is 105 Å². The van der Waals surface area contributed by atoms with Crippen LogP contribution in [0.1, 0.15) is 0 Å². The molecule has 7 nitrogen and oxygen atoms in total. The lowest BCUT2D eigenvalue weighted by Crippen LogP contribution is -2.51. The van der Waals surface area contributed by atoms with E-state index in [9.17, 15) is 14.4 Å². The van der Waals surface area contributed by atoms with Crippen LogP contribution in [0.2, 0.25) is 0 Å². The summed E-state index contributed by atoms with van der Waals surface area (Å²) in [7, 11) is 3.10.